The Hall–Kier alpha value is -1.26. The predicted octanol–water partition coefficient (Wildman–Crippen LogP) is 2.01. The third-order valence-electron chi connectivity index (χ3n) is 3.26. The molecule has 2 atom stereocenters. The van der Waals surface area contributed by atoms with Crippen molar-refractivity contribution in [1.29, 1.82) is 0 Å². The van der Waals surface area contributed by atoms with E-state index < -0.39 is 29.0 Å². The molecule has 1 amide bonds. The molecule has 1 saturated carbocycles. The van der Waals surface area contributed by atoms with Crippen molar-refractivity contribution >= 4 is 12.1 Å². The van der Waals surface area contributed by atoms with Gasteiger partial charge in [0.2, 0.25) is 0 Å². The molecule has 0 heterocycles. The minimum absolute atomic E-state index is 0.140. The Morgan fingerprint density at radius 2 is 1.88 bits per heavy atom. The summed E-state index contributed by atoms with van der Waals surface area (Å²) in [7, 11) is 0. The Balaban J connectivity index is 2.51. The van der Waals surface area contributed by atoms with Crippen LogP contribution in [0.1, 0.15) is 41.0 Å². The number of aliphatic carboxylic acids is 1. The molecule has 1 aliphatic rings. The standard InChI is InChI=1S/C12H21NO4/c1-11(2,3)17-10(16)13-8-6-7(9(14)15)12(8,4)5/h7-8H,6H2,1-5H3,(H,13,16)(H,14,15)/t7-,8+/m1/s1. The molecule has 0 unspecified atom stereocenters. The predicted molar refractivity (Wildman–Crippen MR) is 62.7 cm³/mol. The van der Waals surface area contributed by atoms with Gasteiger partial charge in [0.1, 0.15) is 5.60 Å². The Bertz CT molecular complexity index is 330. The minimum atomic E-state index is -0.808. The van der Waals surface area contributed by atoms with Gasteiger partial charge in [0.15, 0.2) is 0 Å². The largest absolute Gasteiger partial charge is 0.481 e. The van der Waals surface area contributed by atoms with Crippen molar-refractivity contribution in [3.63, 3.8) is 0 Å². The molecule has 5 nitrogen and oxygen atoms in total. The van der Waals surface area contributed by atoms with E-state index in [1.807, 2.05) is 13.8 Å². The minimum Gasteiger partial charge on any atom is -0.481 e. The fourth-order valence-corrected chi connectivity index (χ4v) is 2.04. The maximum Gasteiger partial charge on any atom is 0.407 e. The van der Waals surface area contributed by atoms with Crippen LogP contribution >= 0.6 is 0 Å². The monoisotopic (exact) mass is 243 g/mol. The number of hydrogen-bond acceptors (Lipinski definition) is 3. The second kappa shape index (κ2) is 4.20. The molecule has 1 rings (SSSR count). The molecule has 0 aliphatic heterocycles. The first-order chi connectivity index (χ1) is 7.54. The highest BCUT2D eigenvalue weighted by Crippen LogP contribution is 2.46. The molecule has 98 valence electrons. The number of rotatable bonds is 2. The summed E-state index contributed by atoms with van der Waals surface area (Å²) >= 11 is 0. The zero-order valence-electron chi connectivity index (χ0n) is 11.0. The molecule has 1 fully saturated rings. The van der Waals surface area contributed by atoms with Crippen molar-refractivity contribution in [2.45, 2.75) is 52.7 Å². The van der Waals surface area contributed by atoms with E-state index in [1.54, 1.807) is 20.8 Å². The summed E-state index contributed by atoms with van der Waals surface area (Å²) < 4.78 is 5.14. The van der Waals surface area contributed by atoms with Crippen LogP contribution in [0, 0.1) is 11.3 Å². The number of carbonyl (C=O) groups excluding carboxylic acids is 1. The number of amides is 1. The van der Waals surface area contributed by atoms with Crippen molar-refractivity contribution in [3.8, 4) is 0 Å². The Morgan fingerprint density at radius 1 is 1.35 bits per heavy atom. The van der Waals surface area contributed by atoms with Crippen LogP contribution in [0.25, 0.3) is 0 Å². The third kappa shape index (κ3) is 3.11. The highest BCUT2D eigenvalue weighted by atomic mass is 16.6. The number of carboxylic acid groups (broad SMARTS) is 1. The van der Waals surface area contributed by atoms with Crippen molar-refractivity contribution < 1.29 is 19.4 Å². The number of ether oxygens (including phenoxy) is 1. The summed E-state index contributed by atoms with van der Waals surface area (Å²) in [4.78, 5) is 22.5. The van der Waals surface area contributed by atoms with Gasteiger partial charge in [0.05, 0.1) is 5.92 Å². The van der Waals surface area contributed by atoms with Gasteiger partial charge in [-0.3, -0.25) is 4.79 Å². The SMILES string of the molecule is CC(C)(C)OC(=O)N[C@H]1C[C@H](C(=O)O)C1(C)C. The molecule has 0 aromatic rings. The van der Waals surface area contributed by atoms with Gasteiger partial charge in [-0.2, -0.15) is 0 Å². The van der Waals surface area contributed by atoms with Gasteiger partial charge < -0.3 is 15.2 Å². The first-order valence-corrected chi connectivity index (χ1v) is 5.76. The van der Waals surface area contributed by atoms with E-state index in [1.165, 1.54) is 0 Å². The van der Waals surface area contributed by atoms with Crippen molar-refractivity contribution in [1.82, 2.24) is 5.32 Å². The summed E-state index contributed by atoms with van der Waals surface area (Å²) in [6.07, 6.45) is -0.0268. The van der Waals surface area contributed by atoms with Crippen LogP contribution in [0.4, 0.5) is 4.79 Å². The van der Waals surface area contributed by atoms with Crippen molar-refractivity contribution in [2.24, 2.45) is 11.3 Å². The Morgan fingerprint density at radius 3 is 2.24 bits per heavy atom. The van der Waals surface area contributed by atoms with Gasteiger partial charge in [-0.25, -0.2) is 4.79 Å². The van der Waals surface area contributed by atoms with Gasteiger partial charge in [-0.1, -0.05) is 13.8 Å². The molecular weight excluding hydrogens is 222 g/mol. The lowest BCUT2D eigenvalue weighted by Crippen LogP contribution is -2.60. The summed E-state index contributed by atoms with van der Waals surface area (Å²) in [5, 5.41) is 11.7. The smallest absolute Gasteiger partial charge is 0.407 e. The van der Waals surface area contributed by atoms with E-state index >= 15 is 0 Å². The zero-order chi connectivity index (χ0) is 13.4. The normalized spacial score (nSPS) is 26.9. The van der Waals surface area contributed by atoms with E-state index in [0.29, 0.717) is 6.42 Å². The van der Waals surface area contributed by atoms with E-state index in [9.17, 15) is 9.59 Å². The number of carbonyl (C=O) groups is 2. The van der Waals surface area contributed by atoms with E-state index in [4.69, 9.17) is 9.84 Å². The lowest BCUT2D eigenvalue weighted by Gasteiger charge is -2.49. The second-order valence-electron chi connectivity index (χ2n) is 6.15. The fourth-order valence-electron chi connectivity index (χ4n) is 2.04. The van der Waals surface area contributed by atoms with Gasteiger partial charge >= 0.3 is 12.1 Å². The maximum atomic E-state index is 11.5. The number of nitrogens with one attached hydrogen (secondary N) is 1. The van der Waals surface area contributed by atoms with Gasteiger partial charge in [-0.05, 0) is 32.6 Å². The quantitative estimate of drug-likeness (QED) is 0.778. The lowest BCUT2D eigenvalue weighted by molar-refractivity contribution is -0.155. The van der Waals surface area contributed by atoms with Crippen LogP contribution < -0.4 is 5.32 Å². The van der Waals surface area contributed by atoms with Crippen LogP contribution in [0.2, 0.25) is 0 Å². The summed E-state index contributed by atoms with van der Waals surface area (Å²) in [6, 6.07) is -0.140. The molecule has 0 spiro atoms. The van der Waals surface area contributed by atoms with E-state index in [2.05, 4.69) is 5.32 Å². The molecule has 1 aliphatic carbocycles. The molecule has 0 bridgehead atoms. The molecule has 2 N–H and O–H groups in total. The number of alkyl carbamates (subject to hydrolysis) is 1. The fraction of sp³-hybridized carbons (Fsp3) is 0.833. The van der Waals surface area contributed by atoms with Crippen LogP contribution in [0.5, 0.6) is 0 Å². The van der Waals surface area contributed by atoms with E-state index in [0.717, 1.165) is 0 Å². The molecule has 0 aromatic heterocycles. The molecule has 0 radical (unpaired) electrons. The summed E-state index contributed by atoms with van der Waals surface area (Å²) in [6.45, 7) is 9.06. The molecular formula is C12H21NO4. The second-order valence-corrected chi connectivity index (χ2v) is 6.15. The zero-order valence-corrected chi connectivity index (χ0v) is 11.0. The molecule has 5 heteroatoms. The molecule has 0 aromatic carbocycles. The summed E-state index contributed by atoms with van der Waals surface area (Å²) in [5.74, 6) is -1.21. The van der Waals surface area contributed by atoms with Crippen LogP contribution in [-0.4, -0.2) is 28.8 Å². The van der Waals surface area contributed by atoms with Crippen molar-refractivity contribution in [3.05, 3.63) is 0 Å². The van der Waals surface area contributed by atoms with Gasteiger partial charge in [-0.15, -0.1) is 0 Å². The third-order valence-corrected chi connectivity index (χ3v) is 3.26. The Kier molecular flexibility index (Phi) is 3.41. The average Bonchev–Trinajstić information content (AvgIpc) is 2.07. The van der Waals surface area contributed by atoms with E-state index in [-0.39, 0.29) is 6.04 Å². The maximum absolute atomic E-state index is 11.5. The topological polar surface area (TPSA) is 75.6 Å². The Labute approximate surface area is 102 Å². The number of carboxylic acids is 1. The van der Waals surface area contributed by atoms with Crippen molar-refractivity contribution in [2.75, 3.05) is 0 Å². The van der Waals surface area contributed by atoms with Crippen LogP contribution in [0.3, 0.4) is 0 Å². The van der Waals surface area contributed by atoms with Gasteiger partial charge in [0, 0.05) is 6.04 Å². The highest BCUT2D eigenvalue weighted by Gasteiger charge is 2.52. The van der Waals surface area contributed by atoms with Crippen LogP contribution in [-0.2, 0) is 9.53 Å². The highest BCUT2D eigenvalue weighted by molar-refractivity contribution is 5.74. The van der Waals surface area contributed by atoms with Crippen LogP contribution in [0.15, 0.2) is 0 Å². The number of hydrogen-bond donors (Lipinski definition) is 2. The average molecular weight is 243 g/mol. The summed E-state index contributed by atoms with van der Waals surface area (Å²) in [5.41, 5.74) is -0.965. The lowest BCUT2D eigenvalue weighted by atomic mass is 9.58. The molecule has 17 heavy (non-hydrogen) atoms. The first-order valence-electron chi connectivity index (χ1n) is 5.76. The van der Waals surface area contributed by atoms with Gasteiger partial charge in [0.25, 0.3) is 0 Å². The molecule has 0 saturated heterocycles. The first kappa shape index (κ1) is 13.8.